The molecule has 1 N–H and O–H groups in total. The van der Waals surface area contributed by atoms with Crippen LogP contribution in [0.15, 0.2) is 12.1 Å². The Bertz CT molecular complexity index is 541. The van der Waals surface area contributed by atoms with Gasteiger partial charge in [-0.25, -0.2) is 0 Å². The van der Waals surface area contributed by atoms with E-state index >= 15 is 0 Å². The van der Waals surface area contributed by atoms with Crippen molar-refractivity contribution in [3.63, 3.8) is 0 Å². The molecule has 0 saturated carbocycles. The fourth-order valence-corrected chi connectivity index (χ4v) is 3.01. The molecule has 2 heterocycles. The minimum Gasteiger partial charge on any atom is -0.496 e. The lowest BCUT2D eigenvalue weighted by Crippen LogP contribution is -2.49. The van der Waals surface area contributed by atoms with E-state index in [1.165, 1.54) is 0 Å². The van der Waals surface area contributed by atoms with Crippen molar-refractivity contribution in [3.8, 4) is 17.2 Å². The molecule has 0 radical (unpaired) electrons. The van der Waals surface area contributed by atoms with Crippen LogP contribution in [0.25, 0.3) is 0 Å². The molecule has 2 aliphatic rings. The maximum atomic E-state index is 12.5. The zero-order valence-corrected chi connectivity index (χ0v) is 13.0. The van der Waals surface area contributed by atoms with E-state index in [4.69, 9.17) is 14.2 Å². The number of nitrogens with one attached hydrogen (secondary N) is 1. The van der Waals surface area contributed by atoms with E-state index in [1.807, 2.05) is 0 Å². The number of ether oxygens (including phenoxy) is 3. The maximum absolute atomic E-state index is 12.5. The topological polar surface area (TPSA) is 56.8 Å². The quantitative estimate of drug-likeness (QED) is 0.907. The number of methoxy groups -OCH3 is 2. The van der Waals surface area contributed by atoms with Gasteiger partial charge in [-0.3, -0.25) is 4.79 Å². The molecule has 0 unspecified atom stereocenters. The second-order valence-corrected chi connectivity index (χ2v) is 5.34. The molecule has 21 heavy (non-hydrogen) atoms. The highest BCUT2D eigenvalue weighted by atomic mass is 35.5. The van der Waals surface area contributed by atoms with Crippen LogP contribution in [0.1, 0.15) is 29.6 Å². The first-order valence-corrected chi connectivity index (χ1v) is 6.86. The number of fused-ring (bicyclic) bond motifs is 1. The number of hydrogen-bond acceptors (Lipinski definition) is 5. The molecule has 0 aromatic heterocycles. The van der Waals surface area contributed by atoms with Gasteiger partial charge < -0.3 is 19.5 Å². The SMILES string of the molecule is COc1cc(OC)c2c(c1)OC1(CCNCC1)CC2=O.Cl. The first-order valence-electron chi connectivity index (χ1n) is 6.86. The van der Waals surface area contributed by atoms with Crippen LogP contribution < -0.4 is 19.5 Å². The van der Waals surface area contributed by atoms with Gasteiger partial charge in [0.05, 0.1) is 20.6 Å². The zero-order valence-electron chi connectivity index (χ0n) is 12.2. The standard InChI is InChI=1S/C15H19NO4.ClH/c1-18-10-7-12(19-2)14-11(17)9-15(20-13(14)8-10)3-5-16-6-4-15;/h7-8,16H,3-6,9H2,1-2H3;1H. The lowest BCUT2D eigenvalue weighted by molar-refractivity contribution is 0.0181. The molecule has 1 saturated heterocycles. The highest BCUT2D eigenvalue weighted by Gasteiger charge is 2.42. The zero-order chi connectivity index (χ0) is 14.2. The summed E-state index contributed by atoms with van der Waals surface area (Å²) < 4.78 is 16.8. The Labute approximate surface area is 130 Å². The van der Waals surface area contributed by atoms with E-state index in [0.29, 0.717) is 29.2 Å². The smallest absolute Gasteiger partial charge is 0.174 e. The van der Waals surface area contributed by atoms with Gasteiger partial charge in [0, 0.05) is 25.0 Å². The number of benzene rings is 1. The number of rotatable bonds is 2. The summed E-state index contributed by atoms with van der Waals surface area (Å²) in [6.07, 6.45) is 2.11. The van der Waals surface area contributed by atoms with Gasteiger partial charge in [0.1, 0.15) is 28.4 Å². The number of carbonyl (C=O) groups is 1. The lowest BCUT2D eigenvalue weighted by atomic mass is 9.83. The summed E-state index contributed by atoms with van der Waals surface area (Å²) in [5.74, 6) is 1.83. The Morgan fingerprint density at radius 3 is 2.52 bits per heavy atom. The number of halogens is 1. The molecule has 2 aliphatic heterocycles. The molecule has 0 amide bonds. The van der Waals surface area contributed by atoms with E-state index in [-0.39, 0.29) is 23.8 Å². The highest BCUT2D eigenvalue weighted by molar-refractivity contribution is 6.03. The Balaban J connectivity index is 0.00000161. The summed E-state index contributed by atoms with van der Waals surface area (Å²) in [5.41, 5.74) is 0.171. The minimum atomic E-state index is -0.368. The van der Waals surface area contributed by atoms with Crippen LogP contribution in [-0.2, 0) is 0 Å². The third-order valence-electron chi connectivity index (χ3n) is 4.10. The molecular formula is C15H20ClNO4. The number of carbonyl (C=O) groups excluding carboxylic acids is 1. The van der Waals surface area contributed by atoms with Gasteiger partial charge in [0.25, 0.3) is 0 Å². The second-order valence-electron chi connectivity index (χ2n) is 5.34. The van der Waals surface area contributed by atoms with Crippen LogP contribution in [0.2, 0.25) is 0 Å². The summed E-state index contributed by atoms with van der Waals surface area (Å²) in [6.45, 7) is 1.76. The van der Waals surface area contributed by atoms with Crippen LogP contribution in [0.4, 0.5) is 0 Å². The van der Waals surface area contributed by atoms with Crippen molar-refractivity contribution >= 4 is 18.2 Å². The van der Waals surface area contributed by atoms with E-state index in [9.17, 15) is 4.79 Å². The van der Waals surface area contributed by atoms with Gasteiger partial charge in [-0.05, 0) is 13.1 Å². The Morgan fingerprint density at radius 1 is 1.19 bits per heavy atom. The van der Waals surface area contributed by atoms with Crippen molar-refractivity contribution in [2.75, 3.05) is 27.3 Å². The summed E-state index contributed by atoms with van der Waals surface area (Å²) >= 11 is 0. The molecule has 6 heteroatoms. The highest BCUT2D eigenvalue weighted by Crippen LogP contribution is 2.44. The predicted octanol–water partition coefficient (Wildman–Crippen LogP) is 2.21. The van der Waals surface area contributed by atoms with Crippen LogP contribution >= 0.6 is 12.4 Å². The van der Waals surface area contributed by atoms with Crippen molar-refractivity contribution in [1.82, 2.24) is 5.32 Å². The van der Waals surface area contributed by atoms with Crippen LogP contribution in [0.5, 0.6) is 17.2 Å². The van der Waals surface area contributed by atoms with Crippen molar-refractivity contribution in [2.45, 2.75) is 24.9 Å². The molecule has 1 fully saturated rings. The third-order valence-corrected chi connectivity index (χ3v) is 4.10. The lowest BCUT2D eigenvalue weighted by Gasteiger charge is -2.41. The average Bonchev–Trinajstić information content (AvgIpc) is 2.46. The number of hydrogen-bond donors (Lipinski definition) is 1. The Hall–Kier alpha value is -1.46. The van der Waals surface area contributed by atoms with Crippen molar-refractivity contribution < 1.29 is 19.0 Å². The third kappa shape index (κ3) is 2.80. The van der Waals surface area contributed by atoms with E-state index in [0.717, 1.165) is 25.9 Å². The van der Waals surface area contributed by atoms with Gasteiger partial charge in [0.15, 0.2) is 5.78 Å². The molecule has 1 aromatic rings. The Morgan fingerprint density at radius 2 is 1.90 bits per heavy atom. The normalized spacial score (nSPS) is 19.2. The number of piperidine rings is 1. The fourth-order valence-electron chi connectivity index (χ4n) is 3.01. The molecule has 0 atom stereocenters. The van der Waals surface area contributed by atoms with Crippen molar-refractivity contribution in [2.24, 2.45) is 0 Å². The number of ketones is 1. The molecule has 1 spiro atoms. The van der Waals surface area contributed by atoms with Crippen LogP contribution in [-0.4, -0.2) is 38.7 Å². The molecule has 116 valence electrons. The van der Waals surface area contributed by atoms with E-state index in [1.54, 1.807) is 26.4 Å². The van der Waals surface area contributed by atoms with Crippen LogP contribution in [0, 0.1) is 0 Å². The van der Waals surface area contributed by atoms with Gasteiger partial charge in [0.2, 0.25) is 0 Å². The Kier molecular flexibility index (Phi) is 4.64. The largest absolute Gasteiger partial charge is 0.496 e. The molecule has 0 bridgehead atoms. The van der Waals surface area contributed by atoms with E-state index < -0.39 is 0 Å². The predicted molar refractivity (Wildman–Crippen MR) is 81.2 cm³/mol. The monoisotopic (exact) mass is 313 g/mol. The summed E-state index contributed by atoms with van der Waals surface area (Å²) in [4.78, 5) is 12.5. The summed E-state index contributed by atoms with van der Waals surface area (Å²) in [5, 5.41) is 3.30. The minimum absolute atomic E-state index is 0. The van der Waals surface area contributed by atoms with E-state index in [2.05, 4.69) is 5.32 Å². The van der Waals surface area contributed by atoms with Gasteiger partial charge in [-0.15, -0.1) is 12.4 Å². The van der Waals surface area contributed by atoms with Gasteiger partial charge >= 0.3 is 0 Å². The summed E-state index contributed by atoms with van der Waals surface area (Å²) in [6, 6.07) is 3.50. The molecule has 1 aromatic carbocycles. The van der Waals surface area contributed by atoms with Crippen molar-refractivity contribution in [1.29, 1.82) is 0 Å². The maximum Gasteiger partial charge on any atom is 0.174 e. The fraction of sp³-hybridized carbons (Fsp3) is 0.533. The van der Waals surface area contributed by atoms with Crippen molar-refractivity contribution in [3.05, 3.63) is 17.7 Å². The van der Waals surface area contributed by atoms with Crippen LogP contribution in [0.3, 0.4) is 0 Å². The van der Waals surface area contributed by atoms with Gasteiger partial charge in [-0.2, -0.15) is 0 Å². The molecule has 5 nitrogen and oxygen atoms in total. The average molecular weight is 314 g/mol. The molecule has 3 rings (SSSR count). The molecule has 0 aliphatic carbocycles. The first kappa shape index (κ1) is 15.9. The second kappa shape index (κ2) is 6.12. The molecular weight excluding hydrogens is 294 g/mol. The first-order chi connectivity index (χ1) is 9.67. The summed E-state index contributed by atoms with van der Waals surface area (Å²) in [7, 11) is 3.14. The number of Topliss-reactive ketones (excluding diaryl/α,β-unsaturated/α-hetero) is 1. The van der Waals surface area contributed by atoms with Gasteiger partial charge in [-0.1, -0.05) is 0 Å².